The van der Waals surface area contributed by atoms with Gasteiger partial charge in [0.05, 0.1) is 35.2 Å². The van der Waals surface area contributed by atoms with Crippen LogP contribution in [0.25, 0.3) is 5.69 Å². The van der Waals surface area contributed by atoms with Crippen LogP contribution in [0.5, 0.6) is 0 Å². The van der Waals surface area contributed by atoms with Crippen LogP contribution in [0.1, 0.15) is 81.0 Å². The maximum absolute atomic E-state index is 13.7. The lowest BCUT2D eigenvalue weighted by Crippen LogP contribution is -2.43. The number of halogens is 1. The van der Waals surface area contributed by atoms with E-state index < -0.39 is 0 Å². The van der Waals surface area contributed by atoms with E-state index in [0.717, 1.165) is 24.2 Å². The van der Waals surface area contributed by atoms with Crippen LogP contribution in [0.3, 0.4) is 0 Å². The van der Waals surface area contributed by atoms with E-state index in [4.69, 9.17) is 9.84 Å². The third kappa shape index (κ3) is 4.81. The fraction of sp³-hybridized carbons (Fsp3) is 0.542. The molecule has 0 N–H and O–H groups in total. The molecule has 7 heteroatoms. The number of carbonyl (C=O) groups is 2. The summed E-state index contributed by atoms with van der Waals surface area (Å²) in [5, 5.41) is 4.79. The third-order valence-corrected chi connectivity index (χ3v) is 5.66. The molecule has 3 rings (SSSR count). The molecule has 1 aromatic carbocycles. The number of nitrogens with zero attached hydrogens (tertiary/aromatic N) is 3. The van der Waals surface area contributed by atoms with E-state index >= 15 is 0 Å². The Morgan fingerprint density at radius 2 is 1.84 bits per heavy atom. The summed E-state index contributed by atoms with van der Waals surface area (Å²) in [7, 11) is 0. The number of hydrogen-bond donors (Lipinski definition) is 0. The Morgan fingerprint density at radius 3 is 2.42 bits per heavy atom. The SMILES string of the molecule is CCOC(=O)[C@H]1CCCN(C(=O)c2c(C(C)C)nn(-c3ccc(F)cc3)c2C(C)C)C1. The predicted octanol–water partition coefficient (Wildman–Crippen LogP) is 4.67. The number of hydrogen-bond acceptors (Lipinski definition) is 4. The fourth-order valence-electron chi connectivity index (χ4n) is 4.16. The minimum Gasteiger partial charge on any atom is -0.466 e. The summed E-state index contributed by atoms with van der Waals surface area (Å²) in [6.07, 6.45) is 1.49. The van der Waals surface area contributed by atoms with Gasteiger partial charge in [0.15, 0.2) is 0 Å². The van der Waals surface area contributed by atoms with Crippen LogP contribution in [-0.2, 0) is 9.53 Å². The first-order valence-electron chi connectivity index (χ1n) is 11.1. The van der Waals surface area contributed by atoms with E-state index in [1.807, 2.05) is 27.7 Å². The number of ether oxygens (including phenoxy) is 1. The molecule has 168 valence electrons. The van der Waals surface area contributed by atoms with Crippen molar-refractivity contribution in [3.63, 3.8) is 0 Å². The van der Waals surface area contributed by atoms with E-state index in [2.05, 4.69) is 0 Å². The zero-order valence-corrected chi connectivity index (χ0v) is 19.0. The number of aromatic nitrogens is 2. The van der Waals surface area contributed by atoms with Gasteiger partial charge in [0.25, 0.3) is 5.91 Å². The zero-order valence-electron chi connectivity index (χ0n) is 19.0. The number of likely N-dealkylation sites (tertiary alicyclic amines) is 1. The van der Waals surface area contributed by atoms with Gasteiger partial charge >= 0.3 is 5.97 Å². The van der Waals surface area contributed by atoms with Gasteiger partial charge in [-0.3, -0.25) is 9.59 Å². The average molecular weight is 430 g/mol. The highest BCUT2D eigenvalue weighted by Gasteiger charge is 2.34. The number of carbonyl (C=O) groups excluding carboxylic acids is 2. The van der Waals surface area contributed by atoms with Crippen LogP contribution >= 0.6 is 0 Å². The topological polar surface area (TPSA) is 64.4 Å². The van der Waals surface area contributed by atoms with Crippen LogP contribution in [0.15, 0.2) is 24.3 Å². The minimum atomic E-state index is -0.319. The fourth-order valence-corrected chi connectivity index (χ4v) is 4.16. The summed E-state index contributed by atoms with van der Waals surface area (Å²) in [4.78, 5) is 27.8. The number of piperidine rings is 1. The van der Waals surface area contributed by atoms with Crippen molar-refractivity contribution in [1.29, 1.82) is 0 Å². The van der Waals surface area contributed by atoms with Crippen molar-refractivity contribution in [2.75, 3.05) is 19.7 Å². The first-order chi connectivity index (χ1) is 14.7. The van der Waals surface area contributed by atoms with Crippen LogP contribution < -0.4 is 0 Å². The molecule has 0 aliphatic carbocycles. The molecule has 1 fully saturated rings. The van der Waals surface area contributed by atoms with Gasteiger partial charge in [0, 0.05) is 13.1 Å². The second-order valence-corrected chi connectivity index (χ2v) is 8.69. The summed E-state index contributed by atoms with van der Waals surface area (Å²) in [5.74, 6) is -0.904. The van der Waals surface area contributed by atoms with Crippen molar-refractivity contribution in [3.05, 3.63) is 47.0 Å². The second kappa shape index (κ2) is 9.62. The molecule has 0 radical (unpaired) electrons. The summed E-state index contributed by atoms with van der Waals surface area (Å²) in [6, 6.07) is 6.13. The number of benzene rings is 1. The summed E-state index contributed by atoms with van der Waals surface area (Å²) in [5.41, 5.74) is 2.84. The van der Waals surface area contributed by atoms with Crippen molar-refractivity contribution < 1.29 is 18.7 Å². The maximum Gasteiger partial charge on any atom is 0.310 e. The van der Waals surface area contributed by atoms with Crippen LogP contribution in [0.4, 0.5) is 4.39 Å². The molecule has 6 nitrogen and oxygen atoms in total. The Labute approximate surface area is 183 Å². The number of rotatable bonds is 6. The van der Waals surface area contributed by atoms with Gasteiger partial charge in [-0.1, -0.05) is 27.7 Å². The van der Waals surface area contributed by atoms with Gasteiger partial charge in [-0.25, -0.2) is 9.07 Å². The minimum absolute atomic E-state index is 0.0228. The zero-order chi connectivity index (χ0) is 22.7. The molecule has 31 heavy (non-hydrogen) atoms. The molecule has 0 spiro atoms. The Balaban J connectivity index is 2.03. The van der Waals surface area contributed by atoms with Crippen molar-refractivity contribution >= 4 is 11.9 Å². The molecule has 0 bridgehead atoms. The quantitative estimate of drug-likeness (QED) is 0.626. The molecule has 1 atom stereocenters. The number of esters is 1. The first kappa shape index (κ1) is 23.0. The van der Waals surface area contributed by atoms with E-state index in [0.29, 0.717) is 30.9 Å². The second-order valence-electron chi connectivity index (χ2n) is 8.69. The maximum atomic E-state index is 13.7. The molecular weight excluding hydrogens is 397 g/mol. The van der Waals surface area contributed by atoms with E-state index in [1.165, 1.54) is 12.1 Å². The highest BCUT2D eigenvalue weighted by molar-refractivity contribution is 5.97. The van der Waals surface area contributed by atoms with Crippen molar-refractivity contribution in [2.45, 2.75) is 59.3 Å². The molecule has 1 aromatic heterocycles. The molecule has 1 amide bonds. The Bertz CT molecular complexity index is 934. The van der Waals surface area contributed by atoms with Gasteiger partial charge in [0.1, 0.15) is 5.82 Å². The summed E-state index contributed by atoms with van der Waals surface area (Å²) >= 11 is 0. The average Bonchev–Trinajstić information content (AvgIpc) is 3.15. The van der Waals surface area contributed by atoms with Crippen LogP contribution in [0, 0.1) is 11.7 Å². The van der Waals surface area contributed by atoms with E-state index in [9.17, 15) is 14.0 Å². The van der Waals surface area contributed by atoms with Gasteiger partial charge in [-0.2, -0.15) is 5.10 Å². The van der Waals surface area contributed by atoms with Crippen LogP contribution in [-0.4, -0.2) is 46.3 Å². The molecule has 0 saturated carbocycles. The molecule has 2 aromatic rings. The van der Waals surface area contributed by atoms with Gasteiger partial charge in [-0.15, -0.1) is 0 Å². The predicted molar refractivity (Wildman–Crippen MR) is 117 cm³/mol. The van der Waals surface area contributed by atoms with Gasteiger partial charge in [0.2, 0.25) is 0 Å². The normalized spacial score (nSPS) is 16.8. The number of amides is 1. The molecular formula is C24H32FN3O3. The van der Waals surface area contributed by atoms with E-state index in [-0.39, 0.29) is 35.4 Å². The molecule has 2 heterocycles. The first-order valence-corrected chi connectivity index (χ1v) is 11.1. The highest BCUT2D eigenvalue weighted by Crippen LogP contribution is 2.32. The highest BCUT2D eigenvalue weighted by atomic mass is 19.1. The van der Waals surface area contributed by atoms with Crippen molar-refractivity contribution in [3.8, 4) is 5.69 Å². The monoisotopic (exact) mass is 429 g/mol. The molecule has 0 unspecified atom stereocenters. The lowest BCUT2D eigenvalue weighted by atomic mass is 9.94. The van der Waals surface area contributed by atoms with Gasteiger partial charge in [-0.05, 0) is 55.9 Å². The molecule has 1 aliphatic heterocycles. The van der Waals surface area contributed by atoms with E-state index in [1.54, 1.807) is 28.6 Å². The van der Waals surface area contributed by atoms with Crippen molar-refractivity contribution in [2.24, 2.45) is 5.92 Å². The Hall–Kier alpha value is -2.70. The largest absolute Gasteiger partial charge is 0.466 e. The summed E-state index contributed by atoms with van der Waals surface area (Å²) < 4.78 is 20.4. The smallest absolute Gasteiger partial charge is 0.310 e. The van der Waals surface area contributed by atoms with Crippen molar-refractivity contribution in [1.82, 2.24) is 14.7 Å². The molecule has 1 saturated heterocycles. The molecule has 1 aliphatic rings. The third-order valence-electron chi connectivity index (χ3n) is 5.66. The Kier molecular flexibility index (Phi) is 7.13. The summed E-state index contributed by atoms with van der Waals surface area (Å²) in [6.45, 7) is 11.1. The van der Waals surface area contributed by atoms with Crippen LogP contribution in [0.2, 0.25) is 0 Å². The lowest BCUT2D eigenvalue weighted by molar-refractivity contribution is -0.149. The Morgan fingerprint density at radius 1 is 1.16 bits per heavy atom. The van der Waals surface area contributed by atoms with Gasteiger partial charge < -0.3 is 9.64 Å². The standard InChI is InChI=1S/C24H32FN3O3/c1-6-31-24(30)17-8-7-13-27(14-17)23(29)20-21(15(2)3)26-28(22(20)16(4)5)19-11-9-18(25)10-12-19/h9-12,15-17H,6-8,13-14H2,1-5H3/t17-/m0/s1. The lowest BCUT2D eigenvalue weighted by Gasteiger charge is -2.32.